The summed E-state index contributed by atoms with van der Waals surface area (Å²) in [6.45, 7) is 6.46. The Kier molecular flexibility index (Phi) is 7.73. The van der Waals surface area contributed by atoms with Crippen LogP contribution in [0.15, 0.2) is 18.2 Å². The van der Waals surface area contributed by atoms with E-state index in [9.17, 15) is 9.18 Å². The van der Waals surface area contributed by atoms with Gasteiger partial charge in [-0.2, -0.15) is 0 Å². The number of hydrogen-bond acceptors (Lipinski definition) is 3. The monoisotopic (exact) mass is 350 g/mol. The van der Waals surface area contributed by atoms with Crippen molar-refractivity contribution in [3.8, 4) is 5.75 Å². The van der Waals surface area contributed by atoms with Crippen LogP contribution in [0.5, 0.6) is 5.75 Å². The lowest BCUT2D eigenvalue weighted by Gasteiger charge is -2.35. The van der Waals surface area contributed by atoms with E-state index in [1.807, 2.05) is 19.9 Å². The molecule has 2 rings (SSSR count). The average Bonchev–Trinajstić information content (AvgIpc) is 2.54. The molecule has 1 aliphatic carbocycles. The molecule has 4 heteroatoms. The molecular formula is C21H31FO3. The van der Waals surface area contributed by atoms with Crippen molar-refractivity contribution in [1.82, 2.24) is 0 Å². The Balaban J connectivity index is 1.61. The molecule has 140 valence electrons. The van der Waals surface area contributed by atoms with E-state index in [4.69, 9.17) is 9.47 Å². The normalized spacial score (nSPS) is 20.6. The fraction of sp³-hybridized carbons (Fsp3) is 0.667. The van der Waals surface area contributed by atoms with E-state index in [0.717, 1.165) is 31.2 Å². The van der Waals surface area contributed by atoms with E-state index < -0.39 is 0 Å². The van der Waals surface area contributed by atoms with Crippen LogP contribution < -0.4 is 4.74 Å². The summed E-state index contributed by atoms with van der Waals surface area (Å²) in [5, 5.41) is 0. The maximum absolute atomic E-state index is 13.7. The van der Waals surface area contributed by atoms with Gasteiger partial charge in [0.2, 0.25) is 0 Å². The molecule has 0 spiro atoms. The van der Waals surface area contributed by atoms with Crippen LogP contribution in [0.3, 0.4) is 0 Å². The van der Waals surface area contributed by atoms with Crippen molar-refractivity contribution in [2.45, 2.75) is 71.8 Å². The molecule has 0 amide bonds. The van der Waals surface area contributed by atoms with Gasteiger partial charge in [0.25, 0.3) is 0 Å². The molecule has 0 aliphatic heterocycles. The second-order valence-corrected chi connectivity index (χ2v) is 7.39. The quantitative estimate of drug-likeness (QED) is 0.416. The first kappa shape index (κ1) is 19.7. The predicted molar refractivity (Wildman–Crippen MR) is 97.2 cm³/mol. The molecule has 0 bridgehead atoms. The highest BCUT2D eigenvalue weighted by Crippen LogP contribution is 2.32. The fourth-order valence-electron chi connectivity index (χ4n) is 3.11. The number of ether oxygens (including phenoxy) is 2. The van der Waals surface area contributed by atoms with Crippen molar-refractivity contribution in [1.29, 1.82) is 0 Å². The first-order valence-corrected chi connectivity index (χ1v) is 9.59. The summed E-state index contributed by atoms with van der Waals surface area (Å²) in [5.74, 6) is 0.212. The molecule has 25 heavy (non-hydrogen) atoms. The minimum Gasteiger partial charge on any atom is -0.490 e. The second-order valence-electron chi connectivity index (χ2n) is 7.39. The van der Waals surface area contributed by atoms with Gasteiger partial charge in [-0.3, -0.25) is 4.79 Å². The van der Waals surface area contributed by atoms with E-state index in [1.54, 1.807) is 6.07 Å². The smallest absolute Gasteiger partial charge is 0.308 e. The first-order valence-electron chi connectivity index (χ1n) is 9.59. The van der Waals surface area contributed by atoms with Crippen molar-refractivity contribution in [3.63, 3.8) is 0 Å². The van der Waals surface area contributed by atoms with Crippen molar-refractivity contribution in [2.24, 2.45) is 11.8 Å². The molecule has 0 radical (unpaired) electrons. The van der Waals surface area contributed by atoms with Gasteiger partial charge in [0.1, 0.15) is 6.10 Å². The van der Waals surface area contributed by atoms with E-state index in [2.05, 4.69) is 6.92 Å². The zero-order valence-electron chi connectivity index (χ0n) is 15.7. The van der Waals surface area contributed by atoms with E-state index >= 15 is 0 Å². The van der Waals surface area contributed by atoms with Gasteiger partial charge in [-0.1, -0.05) is 45.6 Å². The number of carbonyl (C=O) groups excluding carboxylic acids is 1. The van der Waals surface area contributed by atoms with Crippen LogP contribution in [0.25, 0.3) is 0 Å². The van der Waals surface area contributed by atoms with Crippen LogP contribution >= 0.6 is 0 Å². The molecular weight excluding hydrogens is 319 g/mol. The zero-order valence-corrected chi connectivity index (χ0v) is 15.7. The molecule has 0 saturated heterocycles. The number of aryl methyl sites for hydroxylation is 1. The van der Waals surface area contributed by atoms with Gasteiger partial charge in [-0.15, -0.1) is 0 Å². The van der Waals surface area contributed by atoms with Crippen LogP contribution in [0.2, 0.25) is 0 Å². The Morgan fingerprint density at radius 3 is 2.72 bits per heavy atom. The molecule has 1 saturated carbocycles. The minimum atomic E-state index is -0.320. The lowest BCUT2D eigenvalue weighted by molar-refractivity contribution is -0.161. The second kappa shape index (κ2) is 9.79. The predicted octanol–water partition coefficient (Wildman–Crippen LogP) is 5.44. The van der Waals surface area contributed by atoms with Crippen molar-refractivity contribution in [3.05, 3.63) is 29.6 Å². The van der Waals surface area contributed by atoms with Crippen molar-refractivity contribution in [2.75, 3.05) is 6.61 Å². The van der Waals surface area contributed by atoms with Crippen LogP contribution in [0, 0.1) is 24.6 Å². The van der Waals surface area contributed by atoms with Gasteiger partial charge in [0.15, 0.2) is 11.6 Å². The van der Waals surface area contributed by atoms with Crippen molar-refractivity contribution < 1.29 is 18.7 Å². The third-order valence-electron chi connectivity index (χ3n) is 4.93. The third-order valence-corrected chi connectivity index (χ3v) is 4.93. The molecule has 1 aliphatic rings. The minimum absolute atomic E-state index is 0.00190. The van der Waals surface area contributed by atoms with Gasteiger partial charge in [-0.05, 0) is 49.8 Å². The van der Waals surface area contributed by atoms with Gasteiger partial charge < -0.3 is 9.47 Å². The SMILES string of the molecule is CCCCCCC(C)C(=O)OC1CC(COc2ccc(C)cc2F)C1. The standard InChI is InChI=1S/C21H31FO3/c1-4-5-6-7-8-16(3)21(23)25-18-12-17(13-18)14-24-20-10-9-15(2)11-19(20)22/h9-11,16-18H,4-8,12-14H2,1-3H3. The Bertz CT molecular complexity index is 552. The highest BCUT2D eigenvalue weighted by molar-refractivity contribution is 5.72. The summed E-state index contributed by atoms with van der Waals surface area (Å²) in [4.78, 5) is 12.1. The molecule has 1 fully saturated rings. The highest BCUT2D eigenvalue weighted by atomic mass is 19.1. The maximum atomic E-state index is 13.7. The maximum Gasteiger partial charge on any atom is 0.308 e. The molecule has 1 aromatic rings. The molecule has 0 heterocycles. The summed E-state index contributed by atoms with van der Waals surface area (Å²) >= 11 is 0. The van der Waals surface area contributed by atoms with Crippen LogP contribution in [0.1, 0.15) is 64.4 Å². The average molecular weight is 350 g/mol. The first-order chi connectivity index (χ1) is 12.0. The molecule has 1 aromatic carbocycles. The number of benzene rings is 1. The molecule has 0 N–H and O–H groups in total. The van der Waals surface area contributed by atoms with Gasteiger partial charge >= 0.3 is 5.97 Å². The van der Waals surface area contributed by atoms with Crippen LogP contribution in [0.4, 0.5) is 4.39 Å². The number of esters is 1. The third kappa shape index (κ3) is 6.33. The molecule has 1 atom stereocenters. The van der Waals surface area contributed by atoms with Crippen LogP contribution in [-0.2, 0) is 9.53 Å². The summed E-state index contributed by atoms with van der Waals surface area (Å²) in [7, 11) is 0. The van der Waals surface area contributed by atoms with Gasteiger partial charge in [-0.25, -0.2) is 4.39 Å². The van der Waals surface area contributed by atoms with Crippen LogP contribution in [-0.4, -0.2) is 18.7 Å². The number of hydrogen-bond donors (Lipinski definition) is 0. The summed E-state index contributed by atoms with van der Waals surface area (Å²) in [5.41, 5.74) is 0.879. The Morgan fingerprint density at radius 2 is 2.04 bits per heavy atom. The lowest BCUT2D eigenvalue weighted by atomic mass is 9.83. The summed E-state index contributed by atoms with van der Waals surface area (Å²) < 4.78 is 24.8. The fourth-order valence-corrected chi connectivity index (χ4v) is 3.11. The number of unbranched alkanes of at least 4 members (excludes halogenated alkanes) is 3. The van der Waals surface area contributed by atoms with E-state index in [-0.39, 0.29) is 23.8 Å². The summed E-state index contributed by atoms with van der Waals surface area (Å²) in [6.07, 6.45) is 7.24. The number of halogens is 1. The number of carbonyl (C=O) groups is 1. The Hall–Kier alpha value is -1.58. The molecule has 0 aromatic heterocycles. The molecule has 3 nitrogen and oxygen atoms in total. The van der Waals surface area contributed by atoms with E-state index in [0.29, 0.717) is 18.3 Å². The van der Waals surface area contributed by atoms with Gasteiger partial charge in [0, 0.05) is 0 Å². The zero-order chi connectivity index (χ0) is 18.2. The topological polar surface area (TPSA) is 35.5 Å². The van der Waals surface area contributed by atoms with Crippen molar-refractivity contribution >= 4 is 5.97 Å². The van der Waals surface area contributed by atoms with Gasteiger partial charge in [0.05, 0.1) is 12.5 Å². The lowest BCUT2D eigenvalue weighted by Crippen LogP contribution is -2.37. The number of rotatable bonds is 10. The summed E-state index contributed by atoms with van der Waals surface area (Å²) in [6, 6.07) is 4.98. The highest BCUT2D eigenvalue weighted by Gasteiger charge is 2.33. The Morgan fingerprint density at radius 1 is 1.28 bits per heavy atom. The molecule has 1 unspecified atom stereocenters. The Labute approximate surface area is 150 Å². The largest absolute Gasteiger partial charge is 0.490 e. The van der Waals surface area contributed by atoms with E-state index in [1.165, 1.54) is 25.3 Å².